The molecule has 41 heavy (non-hydrogen) atoms. The number of aromatic carboxylic acids is 6. The van der Waals surface area contributed by atoms with Crippen molar-refractivity contribution < 1.29 is 64.3 Å². The monoisotopic (exact) mass is 569 g/mol. The van der Waals surface area contributed by atoms with Crippen molar-refractivity contribution >= 4 is 52.9 Å². The molecule has 0 aromatic heterocycles. The molecule has 0 spiro atoms. The van der Waals surface area contributed by atoms with Gasteiger partial charge in [-0.15, -0.1) is 0 Å². The van der Waals surface area contributed by atoms with Crippen molar-refractivity contribution in [2.45, 2.75) is 0 Å². The number of azo groups is 1. The minimum atomic E-state index is -1.42. The van der Waals surface area contributed by atoms with E-state index in [4.69, 9.17) is 30.6 Å². The largest absolute Gasteiger partial charge is 0.478 e. The number of hydrogen-bond donors (Lipinski definition) is 6. The van der Waals surface area contributed by atoms with Crippen molar-refractivity contribution in [2.24, 2.45) is 10.2 Å². The van der Waals surface area contributed by atoms with Gasteiger partial charge in [0, 0.05) is 12.1 Å². The van der Waals surface area contributed by atoms with E-state index in [9.17, 15) is 38.9 Å². The number of rotatable bonds is 9. The van der Waals surface area contributed by atoms with Crippen LogP contribution in [0.3, 0.4) is 0 Å². The number of carboxylic acid groups (broad SMARTS) is 6. The molecule has 3 aromatic rings. The molecule has 0 aliphatic heterocycles. The highest BCUT2D eigenvalue weighted by Gasteiger charge is 2.17. The second-order valence-corrected chi connectivity index (χ2v) is 7.59. The first kappa shape index (κ1) is 30.7. The van der Waals surface area contributed by atoms with Crippen molar-refractivity contribution in [3.05, 3.63) is 98.1 Å². The van der Waals surface area contributed by atoms with E-state index < -0.39 is 57.6 Å². The Morgan fingerprint density at radius 3 is 0.878 bits per heavy atom. The van der Waals surface area contributed by atoms with Crippen LogP contribution in [-0.4, -0.2) is 71.4 Å². The van der Waals surface area contributed by atoms with Gasteiger partial charge in [-0.05, 0) is 42.5 Å². The number of carbonyl (C=O) groups is 6. The van der Waals surface area contributed by atoms with Gasteiger partial charge in [0.25, 0.3) is 5.69 Å². The predicted molar refractivity (Wildman–Crippen MR) is 132 cm³/mol. The molecule has 0 saturated carbocycles. The van der Waals surface area contributed by atoms with Gasteiger partial charge in [-0.1, -0.05) is 0 Å². The number of non-ortho nitro benzene ring substituents is 1. The molecule has 17 nitrogen and oxygen atoms in total. The molecule has 0 fully saturated rings. The molecule has 0 unspecified atom stereocenters. The first-order valence-electron chi connectivity index (χ1n) is 10.5. The summed E-state index contributed by atoms with van der Waals surface area (Å²) in [5.41, 5.74) is -2.96. The molecule has 210 valence electrons. The number of nitro benzene ring substituents is 1. The van der Waals surface area contributed by atoms with E-state index in [1.807, 2.05) is 0 Å². The molecule has 0 saturated heterocycles. The summed E-state index contributed by atoms with van der Waals surface area (Å²) >= 11 is 0. The van der Waals surface area contributed by atoms with Gasteiger partial charge in [0.1, 0.15) is 0 Å². The van der Waals surface area contributed by atoms with Gasteiger partial charge in [-0.25, -0.2) is 28.8 Å². The van der Waals surface area contributed by atoms with Crippen LogP contribution in [0, 0.1) is 10.1 Å². The Bertz CT molecular complexity index is 1420. The van der Waals surface area contributed by atoms with Crippen LogP contribution in [0.2, 0.25) is 0 Å². The van der Waals surface area contributed by atoms with Gasteiger partial charge >= 0.3 is 35.8 Å². The highest BCUT2D eigenvalue weighted by molar-refractivity contribution is 5.96. The molecule has 6 N–H and O–H groups in total. The number of hydrogen-bond acceptors (Lipinski definition) is 10. The Kier molecular flexibility index (Phi) is 9.60. The molecule has 0 atom stereocenters. The number of nitrogens with zero attached hydrogens (tertiary/aromatic N) is 3. The highest BCUT2D eigenvalue weighted by Crippen LogP contribution is 2.24. The molecule has 3 aromatic carbocycles. The summed E-state index contributed by atoms with van der Waals surface area (Å²) < 4.78 is 0. The highest BCUT2D eigenvalue weighted by atomic mass is 16.6. The van der Waals surface area contributed by atoms with Gasteiger partial charge in [-0.3, -0.25) is 10.1 Å². The average molecular weight is 569 g/mol. The van der Waals surface area contributed by atoms with Gasteiger partial charge in [0.05, 0.1) is 49.7 Å². The third kappa shape index (κ3) is 8.50. The van der Waals surface area contributed by atoms with E-state index >= 15 is 0 Å². The number of nitro groups is 1. The zero-order valence-electron chi connectivity index (χ0n) is 20.0. The maximum absolute atomic E-state index is 11.0. The van der Waals surface area contributed by atoms with Crippen LogP contribution in [0.4, 0.5) is 17.1 Å². The van der Waals surface area contributed by atoms with Crippen molar-refractivity contribution in [3.8, 4) is 0 Å². The van der Waals surface area contributed by atoms with Crippen molar-refractivity contribution in [2.75, 3.05) is 0 Å². The second-order valence-electron chi connectivity index (χ2n) is 7.59. The average Bonchev–Trinajstić information content (AvgIpc) is 2.91. The lowest BCUT2D eigenvalue weighted by Gasteiger charge is -2.02. The van der Waals surface area contributed by atoms with Crippen LogP contribution in [0.15, 0.2) is 64.8 Å². The standard InChI is InChI=1S/C16H10N2O8.C8H5NO6/c19-13(20)7-1-8(14(21)22)4-11(3-7)17-18-12-5-9(15(23)24)2-10(6-12)16(25)26;10-7(11)4-1-5(8(12)13)3-6(2-4)9(14)15/h1-6H,(H,19,20)(H,21,22)(H,23,24)(H,25,26);1-3H,(H,10,11)(H,12,13). The van der Waals surface area contributed by atoms with E-state index in [0.29, 0.717) is 0 Å². The Morgan fingerprint density at radius 1 is 0.463 bits per heavy atom. The molecule has 0 heterocycles. The maximum atomic E-state index is 11.0. The number of carboxylic acids is 6. The third-order valence-corrected chi connectivity index (χ3v) is 4.73. The van der Waals surface area contributed by atoms with Crippen LogP contribution in [0.5, 0.6) is 0 Å². The van der Waals surface area contributed by atoms with Gasteiger partial charge in [0.2, 0.25) is 0 Å². The second kappa shape index (κ2) is 12.8. The Hall–Kier alpha value is -6.52. The lowest BCUT2D eigenvalue weighted by atomic mass is 10.1. The minimum absolute atomic E-state index is 0.111. The Balaban J connectivity index is 0.000000333. The zero-order valence-corrected chi connectivity index (χ0v) is 20.0. The van der Waals surface area contributed by atoms with Crippen LogP contribution in [0.1, 0.15) is 62.1 Å². The summed E-state index contributed by atoms with van der Waals surface area (Å²) in [6.45, 7) is 0. The van der Waals surface area contributed by atoms with Crippen molar-refractivity contribution in [1.29, 1.82) is 0 Å². The van der Waals surface area contributed by atoms with E-state index in [0.717, 1.165) is 54.6 Å². The summed E-state index contributed by atoms with van der Waals surface area (Å²) in [6.07, 6.45) is 0. The van der Waals surface area contributed by atoms with Gasteiger partial charge in [0.15, 0.2) is 0 Å². The smallest absolute Gasteiger partial charge is 0.335 e. The molecule has 17 heteroatoms. The van der Waals surface area contributed by atoms with Crippen LogP contribution < -0.4 is 0 Å². The Labute approximate surface area is 226 Å². The van der Waals surface area contributed by atoms with Gasteiger partial charge < -0.3 is 30.6 Å². The molecule has 0 aliphatic rings. The summed E-state index contributed by atoms with van der Waals surface area (Å²) in [7, 11) is 0. The van der Waals surface area contributed by atoms with E-state index in [-0.39, 0.29) is 33.6 Å². The molecular formula is C24H15N3O14. The lowest BCUT2D eigenvalue weighted by Crippen LogP contribution is -2.04. The quantitative estimate of drug-likeness (QED) is 0.121. The molecule has 0 amide bonds. The lowest BCUT2D eigenvalue weighted by molar-refractivity contribution is -0.384. The SMILES string of the molecule is O=C(O)c1cc(C(=O)O)cc([N+](=O)[O-])c1.O=C(O)c1cc(N=Nc2cc(C(=O)O)cc(C(=O)O)c2)cc(C(=O)O)c1. The summed E-state index contributed by atoms with van der Waals surface area (Å²) in [5.74, 6) is -8.31. The molecule has 0 aliphatic carbocycles. The zero-order chi connectivity index (χ0) is 31.0. The fraction of sp³-hybridized carbons (Fsp3) is 0. The fourth-order valence-corrected chi connectivity index (χ4v) is 2.91. The Morgan fingerprint density at radius 2 is 0.683 bits per heavy atom. The summed E-state index contributed by atoms with van der Waals surface area (Å²) in [6, 6.07) is 8.61. The molecule has 0 bridgehead atoms. The first-order valence-corrected chi connectivity index (χ1v) is 10.5. The number of benzene rings is 3. The normalized spacial score (nSPS) is 10.2. The molecule has 0 radical (unpaired) electrons. The molecular weight excluding hydrogens is 554 g/mol. The van der Waals surface area contributed by atoms with Crippen LogP contribution in [0.25, 0.3) is 0 Å². The van der Waals surface area contributed by atoms with Crippen molar-refractivity contribution in [1.82, 2.24) is 0 Å². The third-order valence-electron chi connectivity index (χ3n) is 4.73. The van der Waals surface area contributed by atoms with E-state index in [1.165, 1.54) is 0 Å². The minimum Gasteiger partial charge on any atom is -0.478 e. The summed E-state index contributed by atoms with van der Waals surface area (Å²) in [4.78, 5) is 74.8. The summed E-state index contributed by atoms with van der Waals surface area (Å²) in [5, 5.41) is 70.9. The first-order chi connectivity index (χ1) is 19.1. The van der Waals surface area contributed by atoms with Crippen LogP contribution >= 0.6 is 0 Å². The predicted octanol–water partition coefficient (Wildman–Crippen LogP) is 3.89. The van der Waals surface area contributed by atoms with Gasteiger partial charge in [-0.2, -0.15) is 10.2 Å². The fourth-order valence-electron chi connectivity index (χ4n) is 2.91. The topological polar surface area (TPSA) is 292 Å². The van der Waals surface area contributed by atoms with Crippen LogP contribution in [-0.2, 0) is 0 Å². The maximum Gasteiger partial charge on any atom is 0.335 e. The van der Waals surface area contributed by atoms with Crippen molar-refractivity contribution in [3.63, 3.8) is 0 Å². The van der Waals surface area contributed by atoms with E-state index in [1.54, 1.807) is 0 Å². The molecule has 3 rings (SSSR count). The van der Waals surface area contributed by atoms with E-state index in [2.05, 4.69) is 10.2 Å².